The second-order valence-electron chi connectivity index (χ2n) is 7.47. The van der Waals surface area contributed by atoms with Gasteiger partial charge in [0.15, 0.2) is 5.82 Å². The maximum absolute atomic E-state index is 12.9. The van der Waals surface area contributed by atoms with Crippen LogP contribution < -0.4 is 10.2 Å². The van der Waals surface area contributed by atoms with Gasteiger partial charge in [0.05, 0.1) is 11.8 Å². The van der Waals surface area contributed by atoms with Gasteiger partial charge in [-0.15, -0.1) is 10.2 Å². The molecule has 1 fully saturated rings. The summed E-state index contributed by atoms with van der Waals surface area (Å²) in [7, 11) is 0. The van der Waals surface area contributed by atoms with Crippen LogP contribution in [0.3, 0.4) is 0 Å². The number of alkyl halides is 3. The summed E-state index contributed by atoms with van der Waals surface area (Å²) in [6.07, 6.45) is -2.33. The van der Waals surface area contributed by atoms with E-state index >= 15 is 0 Å². The van der Waals surface area contributed by atoms with E-state index in [9.17, 15) is 18.3 Å². The predicted octanol–water partition coefficient (Wildman–Crippen LogP) is 3.97. The number of aryl methyl sites for hydroxylation is 1. The molecular formula is C21H21F3N6O. The fourth-order valence-electron chi connectivity index (χ4n) is 3.45. The fourth-order valence-corrected chi connectivity index (χ4v) is 3.45. The number of nitrogens with zero attached hydrogens (tertiary/aromatic N) is 5. The zero-order valence-corrected chi connectivity index (χ0v) is 16.8. The lowest BCUT2D eigenvalue weighted by atomic mass is 10.1. The highest BCUT2D eigenvalue weighted by Crippen LogP contribution is 2.29. The van der Waals surface area contributed by atoms with E-state index in [4.69, 9.17) is 0 Å². The summed E-state index contributed by atoms with van der Waals surface area (Å²) in [5, 5.41) is 21.1. The molecular weight excluding hydrogens is 409 g/mol. The predicted molar refractivity (Wildman–Crippen MR) is 110 cm³/mol. The molecule has 1 saturated heterocycles. The highest BCUT2D eigenvalue weighted by molar-refractivity contribution is 5.68. The number of aliphatic hydroxyl groups excluding tert-OH is 1. The molecule has 7 nitrogen and oxygen atoms in total. The number of anilines is 3. The van der Waals surface area contributed by atoms with Crippen LogP contribution in [0.5, 0.6) is 0 Å². The zero-order chi connectivity index (χ0) is 22.0. The minimum absolute atomic E-state index is 0.139. The van der Waals surface area contributed by atoms with Crippen molar-refractivity contribution in [3.63, 3.8) is 0 Å². The molecule has 0 unspecified atom stereocenters. The van der Waals surface area contributed by atoms with Crippen LogP contribution in [-0.2, 0) is 6.18 Å². The van der Waals surface area contributed by atoms with Crippen molar-refractivity contribution in [2.24, 2.45) is 0 Å². The van der Waals surface area contributed by atoms with Crippen molar-refractivity contribution < 1.29 is 18.3 Å². The quantitative estimate of drug-likeness (QED) is 0.648. The largest absolute Gasteiger partial charge is 0.433 e. The molecule has 2 N–H and O–H groups in total. The van der Waals surface area contributed by atoms with Crippen LogP contribution in [0.15, 0.2) is 42.6 Å². The molecule has 2 aromatic heterocycles. The van der Waals surface area contributed by atoms with E-state index < -0.39 is 11.9 Å². The van der Waals surface area contributed by atoms with Gasteiger partial charge in [-0.2, -0.15) is 13.2 Å². The van der Waals surface area contributed by atoms with Crippen LogP contribution >= 0.6 is 0 Å². The minimum Gasteiger partial charge on any atom is -0.393 e. The number of aromatic nitrogens is 4. The number of piperidine rings is 1. The molecule has 4 rings (SSSR count). The maximum Gasteiger partial charge on any atom is 0.433 e. The van der Waals surface area contributed by atoms with Crippen molar-refractivity contribution in [2.45, 2.75) is 32.0 Å². The molecule has 31 heavy (non-hydrogen) atoms. The topological polar surface area (TPSA) is 87.1 Å². The van der Waals surface area contributed by atoms with Crippen LogP contribution in [-0.4, -0.2) is 44.5 Å². The molecule has 1 aliphatic rings. The third-order valence-corrected chi connectivity index (χ3v) is 5.01. The number of hydrogen-bond acceptors (Lipinski definition) is 7. The lowest BCUT2D eigenvalue weighted by Crippen LogP contribution is -2.36. The Balaban J connectivity index is 1.54. The van der Waals surface area contributed by atoms with Gasteiger partial charge >= 0.3 is 6.18 Å². The molecule has 0 radical (unpaired) electrons. The van der Waals surface area contributed by atoms with E-state index in [-0.39, 0.29) is 12.1 Å². The van der Waals surface area contributed by atoms with E-state index in [0.717, 1.165) is 42.3 Å². The number of aliphatic hydroxyl groups is 1. The average Bonchev–Trinajstić information content (AvgIpc) is 2.74. The Labute approximate surface area is 177 Å². The monoisotopic (exact) mass is 430 g/mol. The first-order valence-electron chi connectivity index (χ1n) is 9.84. The van der Waals surface area contributed by atoms with E-state index in [2.05, 4.69) is 30.4 Å². The van der Waals surface area contributed by atoms with Crippen LogP contribution in [0.2, 0.25) is 0 Å². The molecule has 0 atom stereocenters. The first-order valence-corrected chi connectivity index (χ1v) is 9.84. The molecule has 0 spiro atoms. The van der Waals surface area contributed by atoms with Gasteiger partial charge in [-0.3, -0.25) is 0 Å². The summed E-state index contributed by atoms with van der Waals surface area (Å²) in [5.74, 6) is 0.610. The van der Waals surface area contributed by atoms with Gasteiger partial charge in [0.2, 0.25) is 5.95 Å². The molecule has 1 aromatic carbocycles. The Bertz CT molecular complexity index is 1050. The summed E-state index contributed by atoms with van der Waals surface area (Å²) >= 11 is 0. The molecule has 0 amide bonds. The van der Waals surface area contributed by atoms with Gasteiger partial charge in [-0.25, -0.2) is 9.97 Å². The highest BCUT2D eigenvalue weighted by atomic mass is 19.4. The summed E-state index contributed by atoms with van der Waals surface area (Å²) in [6.45, 7) is 3.33. The number of hydrogen-bond donors (Lipinski definition) is 2. The third kappa shape index (κ3) is 5.08. The van der Waals surface area contributed by atoms with Gasteiger partial charge in [0, 0.05) is 30.5 Å². The maximum atomic E-state index is 12.9. The molecule has 0 aliphatic carbocycles. The van der Waals surface area contributed by atoms with Crippen LogP contribution in [0.4, 0.5) is 30.6 Å². The molecule has 3 aromatic rings. The molecule has 0 bridgehead atoms. The van der Waals surface area contributed by atoms with Crippen molar-refractivity contribution in [2.75, 3.05) is 23.3 Å². The molecule has 10 heteroatoms. The highest BCUT2D eigenvalue weighted by Gasteiger charge is 2.32. The first kappa shape index (κ1) is 21.0. The summed E-state index contributed by atoms with van der Waals surface area (Å²) in [5.41, 5.74) is 1.83. The number of nitrogens with one attached hydrogen (secondary N) is 1. The van der Waals surface area contributed by atoms with E-state index in [0.29, 0.717) is 24.2 Å². The van der Waals surface area contributed by atoms with E-state index in [1.165, 1.54) is 0 Å². The number of benzene rings is 1. The van der Waals surface area contributed by atoms with Crippen LogP contribution in [0, 0.1) is 6.92 Å². The average molecular weight is 430 g/mol. The Hall–Kier alpha value is -3.27. The standard InChI is InChI=1S/C21H21F3N6O/c1-13-10-14(17-2-3-19(29-28-17)30-8-5-16(31)6-9-30)12-15(11-13)26-20-25-7-4-18(27-20)21(22,23)24/h2-4,7,10-12,16,31H,5-6,8-9H2,1H3,(H,25,26,27). The smallest absolute Gasteiger partial charge is 0.393 e. The molecule has 162 valence electrons. The van der Waals surface area contributed by atoms with Crippen molar-refractivity contribution in [1.29, 1.82) is 0 Å². The second kappa shape index (κ2) is 8.46. The van der Waals surface area contributed by atoms with Crippen LogP contribution in [0.1, 0.15) is 24.1 Å². The Morgan fingerprint density at radius 1 is 1.06 bits per heavy atom. The van der Waals surface area contributed by atoms with Gasteiger partial charge < -0.3 is 15.3 Å². The molecule has 1 aliphatic heterocycles. The lowest BCUT2D eigenvalue weighted by molar-refractivity contribution is -0.141. The summed E-state index contributed by atoms with van der Waals surface area (Å²) in [6, 6.07) is 10.0. The number of rotatable bonds is 4. The van der Waals surface area contributed by atoms with Gasteiger partial charge in [0.1, 0.15) is 5.69 Å². The van der Waals surface area contributed by atoms with Crippen LogP contribution in [0.25, 0.3) is 11.3 Å². The van der Waals surface area contributed by atoms with Crippen molar-refractivity contribution in [3.05, 3.63) is 53.9 Å². The third-order valence-electron chi connectivity index (χ3n) is 5.01. The second-order valence-corrected chi connectivity index (χ2v) is 7.47. The molecule has 3 heterocycles. The Kier molecular flexibility index (Phi) is 5.73. The summed E-state index contributed by atoms with van der Waals surface area (Å²) in [4.78, 5) is 9.50. The molecule has 0 saturated carbocycles. The zero-order valence-electron chi connectivity index (χ0n) is 16.8. The van der Waals surface area contributed by atoms with Gasteiger partial charge in [0.25, 0.3) is 0 Å². The Morgan fingerprint density at radius 2 is 1.84 bits per heavy atom. The van der Waals surface area contributed by atoms with Crippen molar-refractivity contribution in [1.82, 2.24) is 20.2 Å². The normalized spacial score (nSPS) is 15.2. The van der Waals surface area contributed by atoms with E-state index in [1.54, 1.807) is 12.1 Å². The van der Waals surface area contributed by atoms with Crippen molar-refractivity contribution in [3.8, 4) is 11.3 Å². The van der Waals surface area contributed by atoms with Crippen molar-refractivity contribution >= 4 is 17.5 Å². The SMILES string of the molecule is Cc1cc(Nc2nccc(C(F)(F)F)n2)cc(-c2ccc(N3CCC(O)CC3)nn2)c1. The van der Waals surface area contributed by atoms with Gasteiger partial charge in [-0.1, -0.05) is 0 Å². The Morgan fingerprint density at radius 3 is 2.52 bits per heavy atom. The summed E-state index contributed by atoms with van der Waals surface area (Å²) < 4.78 is 38.7. The fraction of sp³-hybridized carbons (Fsp3) is 0.333. The van der Waals surface area contributed by atoms with E-state index in [1.807, 2.05) is 25.1 Å². The number of halogens is 3. The minimum atomic E-state index is -4.54. The first-order chi connectivity index (χ1) is 14.8. The lowest BCUT2D eigenvalue weighted by Gasteiger charge is -2.30. The van der Waals surface area contributed by atoms with Gasteiger partial charge in [-0.05, 0) is 61.7 Å².